The summed E-state index contributed by atoms with van der Waals surface area (Å²) in [5.41, 5.74) is 0.830. The predicted octanol–water partition coefficient (Wildman–Crippen LogP) is 2.98. The first-order valence-electron chi connectivity index (χ1n) is 4.58. The van der Waals surface area contributed by atoms with E-state index < -0.39 is 20.2 Å². The van der Waals surface area contributed by atoms with Gasteiger partial charge < -0.3 is 0 Å². The first-order chi connectivity index (χ1) is 5.82. The zero-order chi connectivity index (χ0) is 10.3. The molecule has 0 aliphatic carbocycles. The summed E-state index contributed by atoms with van der Waals surface area (Å²) in [5.74, 6) is 0. The second-order valence-electron chi connectivity index (χ2n) is 4.62. The molecule has 0 saturated carbocycles. The summed E-state index contributed by atoms with van der Waals surface area (Å²) in [6.45, 7) is 8.08. The number of hydrogen-bond acceptors (Lipinski definition) is 1. The fourth-order valence-electron chi connectivity index (χ4n) is 1.99. The molecular formula is C9H15HgINO. The molecule has 1 aliphatic rings. The molecule has 0 bridgehead atoms. The van der Waals surface area contributed by atoms with E-state index in [2.05, 4.69) is 23.7 Å². The van der Waals surface area contributed by atoms with Gasteiger partial charge in [-0.2, -0.15) is 0 Å². The van der Waals surface area contributed by atoms with Gasteiger partial charge in [-0.25, -0.2) is 0 Å². The minimum atomic E-state index is -0.679. The van der Waals surface area contributed by atoms with Gasteiger partial charge in [0, 0.05) is 0 Å². The van der Waals surface area contributed by atoms with Crippen molar-refractivity contribution < 1.29 is 25.5 Å². The molecule has 13 heavy (non-hydrogen) atoms. The van der Waals surface area contributed by atoms with Crippen molar-refractivity contribution in [2.24, 2.45) is 0 Å². The van der Waals surface area contributed by atoms with E-state index in [4.69, 9.17) is 0 Å². The van der Waals surface area contributed by atoms with Crippen molar-refractivity contribution in [3.05, 3.63) is 11.6 Å². The Kier molecular flexibility index (Phi) is 3.87. The van der Waals surface area contributed by atoms with E-state index in [9.17, 15) is 5.21 Å². The number of nitrogens with zero attached hydrogens (tertiary/aromatic N) is 1. The van der Waals surface area contributed by atoms with Crippen LogP contribution in [0.15, 0.2) is 11.6 Å². The van der Waals surface area contributed by atoms with Crippen LogP contribution in [0, 0.1) is 0 Å². The van der Waals surface area contributed by atoms with Crippen LogP contribution in [0.3, 0.4) is 0 Å². The minimum absolute atomic E-state index is 0.255. The first kappa shape index (κ1) is 12.4. The summed E-state index contributed by atoms with van der Waals surface area (Å²) < 4.78 is 1.25. The van der Waals surface area contributed by atoms with Gasteiger partial charge in [0.05, 0.1) is 0 Å². The second-order valence-corrected chi connectivity index (χ2v) is 17.5. The molecule has 1 radical (unpaired) electrons. The van der Waals surface area contributed by atoms with Crippen molar-refractivity contribution in [1.82, 2.24) is 5.06 Å². The zero-order valence-corrected chi connectivity index (χ0v) is 16.4. The fraction of sp³-hybridized carbons (Fsp3) is 0.778. The third kappa shape index (κ3) is 2.29. The predicted molar refractivity (Wildman–Crippen MR) is 57.6 cm³/mol. The van der Waals surface area contributed by atoms with E-state index in [1.807, 2.05) is 27.7 Å². The van der Waals surface area contributed by atoms with Gasteiger partial charge in [0.15, 0.2) is 0 Å². The monoisotopic (exact) mass is 482 g/mol. The Morgan fingerprint density at radius 2 is 2.00 bits per heavy atom. The summed E-state index contributed by atoms with van der Waals surface area (Å²) in [6, 6.07) is 0. The van der Waals surface area contributed by atoms with Crippen LogP contribution in [0.25, 0.3) is 0 Å². The van der Waals surface area contributed by atoms with Crippen molar-refractivity contribution in [3.8, 4) is 0 Å². The van der Waals surface area contributed by atoms with Gasteiger partial charge >= 0.3 is 103 Å². The quantitative estimate of drug-likeness (QED) is 0.339. The molecule has 0 fully saturated rings. The molecular weight excluding hydrogens is 466 g/mol. The van der Waals surface area contributed by atoms with Crippen molar-refractivity contribution in [2.75, 3.05) is 0 Å². The van der Waals surface area contributed by atoms with Crippen molar-refractivity contribution >= 4 is 17.7 Å². The van der Waals surface area contributed by atoms with Crippen molar-refractivity contribution in [1.29, 1.82) is 0 Å². The van der Waals surface area contributed by atoms with Gasteiger partial charge in [0.1, 0.15) is 0 Å². The number of hydrogen-bond donors (Lipinski definition) is 0. The van der Waals surface area contributed by atoms with Crippen LogP contribution in [0.5, 0.6) is 0 Å². The van der Waals surface area contributed by atoms with Crippen LogP contribution in [-0.2, 0) is 25.5 Å². The third-order valence-electron chi connectivity index (χ3n) is 2.71. The average molecular weight is 481 g/mol. The molecule has 0 N–H and O–H groups in total. The molecule has 0 aromatic rings. The number of hydroxylamine groups is 2. The van der Waals surface area contributed by atoms with Crippen LogP contribution in [0.2, 0.25) is 3.93 Å². The van der Waals surface area contributed by atoms with Crippen LogP contribution in [-0.4, -0.2) is 16.1 Å². The maximum atomic E-state index is 11.9. The maximum absolute atomic E-state index is 11.9. The Hall–Kier alpha value is 1.33. The van der Waals surface area contributed by atoms with E-state index in [1.165, 1.54) is 14.6 Å². The first-order valence-corrected chi connectivity index (χ1v) is 23.9. The van der Waals surface area contributed by atoms with Gasteiger partial charge in [-0.3, -0.25) is 0 Å². The van der Waals surface area contributed by atoms with E-state index in [-0.39, 0.29) is 11.1 Å². The molecule has 0 unspecified atom stereocenters. The normalized spacial score (nSPS) is 25.5. The average Bonchev–Trinajstić information content (AvgIpc) is 2.14. The summed E-state index contributed by atoms with van der Waals surface area (Å²) in [7, 11) is 0. The van der Waals surface area contributed by atoms with Crippen molar-refractivity contribution in [2.45, 2.75) is 42.7 Å². The Bertz CT molecular complexity index is 238. The standard InChI is InChI=1S/C9H15NO.Hg.HI/c1-7-6-8(2,3)10(11)9(7,4)5;;/h6H,1H2,2-5H3;;1H/q;+1;/p-1. The van der Waals surface area contributed by atoms with E-state index in [1.54, 1.807) is 0 Å². The van der Waals surface area contributed by atoms with Crippen molar-refractivity contribution in [3.63, 3.8) is 0 Å². The van der Waals surface area contributed by atoms with E-state index in [0.29, 0.717) is 0 Å². The molecule has 0 spiro atoms. The van der Waals surface area contributed by atoms with Crippen LogP contribution in [0.1, 0.15) is 27.7 Å². The Balaban J connectivity index is 2.95. The Labute approximate surface area is 102 Å². The Morgan fingerprint density at radius 3 is 2.31 bits per heavy atom. The molecule has 0 saturated heterocycles. The van der Waals surface area contributed by atoms with Gasteiger partial charge in [-0.15, -0.1) is 0 Å². The molecule has 0 aromatic carbocycles. The van der Waals surface area contributed by atoms with Crippen LogP contribution >= 0.6 is 17.7 Å². The second kappa shape index (κ2) is 4.06. The number of halogens is 1. The van der Waals surface area contributed by atoms with Gasteiger partial charge in [0.2, 0.25) is 0 Å². The molecule has 0 aromatic heterocycles. The van der Waals surface area contributed by atoms with Gasteiger partial charge in [-0.05, 0) is 0 Å². The molecule has 0 amide bonds. The van der Waals surface area contributed by atoms with E-state index in [0.717, 1.165) is 0 Å². The van der Waals surface area contributed by atoms with Crippen LogP contribution < -0.4 is 0 Å². The topological polar surface area (TPSA) is 23.1 Å². The summed E-state index contributed by atoms with van der Waals surface area (Å²) in [4.78, 5) is 0. The Morgan fingerprint density at radius 1 is 1.46 bits per heavy atom. The number of rotatable bonds is 2. The zero-order valence-electron chi connectivity index (χ0n) is 8.72. The molecule has 4 heteroatoms. The molecule has 1 rings (SSSR count). The summed E-state index contributed by atoms with van der Waals surface area (Å²) >= 11 is 1.89. The molecule has 1 aliphatic heterocycles. The third-order valence-corrected chi connectivity index (χ3v) is 10.3. The molecule has 1 heterocycles. The SMILES string of the molecule is CC1(C)C=C([CH2][Hg][I])C(C)(C)N1[O]. The van der Waals surface area contributed by atoms with Gasteiger partial charge in [0.25, 0.3) is 0 Å². The van der Waals surface area contributed by atoms with Crippen LogP contribution in [0.4, 0.5) is 0 Å². The fourth-order valence-corrected chi connectivity index (χ4v) is 10.8. The molecule has 0 atom stereocenters. The molecule has 71 valence electrons. The molecule has 2 nitrogen and oxygen atoms in total. The van der Waals surface area contributed by atoms with Gasteiger partial charge in [-0.1, -0.05) is 0 Å². The van der Waals surface area contributed by atoms with E-state index >= 15 is 0 Å². The summed E-state index contributed by atoms with van der Waals surface area (Å²) in [6.07, 6.45) is 2.18. The summed E-state index contributed by atoms with van der Waals surface area (Å²) in [5, 5.41) is 13.2.